The molecule has 0 fully saturated rings. The molecule has 0 saturated heterocycles. The van der Waals surface area contributed by atoms with Gasteiger partial charge in [-0.2, -0.15) is 0 Å². The van der Waals surface area contributed by atoms with Gasteiger partial charge in [-0.1, -0.05) is 91.6 Å². The van der Waals surface area contributed by atoms with E-state index in [4.69, 9.17) is 4.74 Å². The lowest BCUT2D eigenvalue weighted by molar-refractivity contribution is -0.150. The first-order valence-electron chi connectivity index (χ1n) is 21.0. The Morgan fingerprint density at radius 2 is 1.56 bits per heavy atom. The minimum absolute atomic E-state index is 0.0407. The quantitative estimate of drug-likeness (QED) is 0.0911. The van der Waals surface area contributed by atoms with Crippen LogP contribution >= 0.6 is 11.3 Å². The fraction of sp³-hybridized carbons (Fsp3) is 0.600. The summed E-state index contributed by atoms with van der Waals surface area (Å²) in [4.78, 5) is 101. The Kier molecular flexibility index (Phi) is 19.1. The molecule has 0 bridgehead atoms. The standard InChI is InChI=1S/C45H65N5O8S/c1-11-17-33(24-32-18-14-13-15-19-32)46-43(56)35-27-59-44(47-35)38(58-31(8)51)26-36(28(3)4)48(9)45(57)34(30(7)12-2)25-37(52)42(29(5)6)49(10)39(53)20-16-23-50-40(54)21-22-41(50)55/h13-15,18-19,21-22,27-30,33-34,36,38,42H,11-12,16-17,20,23-26H2,1-10H3,(H,46,56)/t30-,33+,34-,36+,38+,42-/m0/s1. The number of benzene rings is 1. The SMILES string of the molecule is CCC[C@H](Cc1ccccc1)NC(=O)c1csc([C@@H](C[C@H](C(C)C)N(C)C(=O)[C@@H](CC(=O)[C@H](C(C)C)N(C)C(=O)CCCN2C(=O)C=CC2=O)[C@@H](C)CC)OC(C)=O)n1. The number of amides is 5. The van der Waals surface area contributed by atoms with E-state index in [1.54, 1.807) is 24.4 Å². The Hall–Kier alpha value is -4.72. The number of Topliss-reactive ketones (excluding diaryl/α,β-unsaturated/α-hetero) is 1. The molecule has 324 valence electrons. The number of nitrogens with one attached hydrogen (secondary N) is 1. The van der Waals surface area contributed by atoms with Crippen molar-refractivity contribution in [1.82, 2.24) is 25.0 Å². The molecule has 1 aromatic carbocycles. The number of ether oxygens (including phenoxy) is 1. The number of aromatic nitrogens is 1. The van der Waals surface area contributed by atoms with E-state index >= 15 is 0 Å². The average Bonchev–Trinajstić information content (AvgIpc) is 3.81. The van der Waals surface area contributed by atoms with E-state index in [0.29, 0.717) is 17.8 Å². The van der Waals surface area contributed by atoms with Gasteiger partial charge < -0.3 is 19.9 Å². The monoisotopic (exact) mass is 835 g/mol. The Morgan fingerprint density at radius 3 is 2.12 bits per heavy atom. The third-order valence-electron chi connectivity index (χ3n) is 11.2. The van der Waals surface area contributed by atoms with E-state index < -0.39 is 41.9 Å². The predicted octanol–water partition coefficient (Wildman–Crippen LogP) is 6.57. The summed E-state index contributed by atoms with van der Waals surface area (Å²) < 4.78 is 5.81. The van der Waals surface area contributed by atoms with Crippen molar-refractivity contribution in [2.45, 2.75) is 131 Å². The van der Waals surface area contributed by atoms with Crippen molar-refractivity contribution in [3.05, 3.63) is 64.1 Å². The third kappa shape index (κ3) is 13.9. The maximum absolute atomic E-state index is 14.5. The highest BCUT2D eigenvalue weighted by molar-refractivity contribution is 7.09. The van der Waals surface area contributed by atoms with Crippen molar-refractivity contribution in [3.8, 4) is 0 Å². The largest absolute Gasteiger partial charge is 0.455 e. The Bertz CT molecular complexity index is 1770. The van der Waals surface area contributed by atoms with Crippen molar-refractivity contribution in [2.24, 2.45) is 23.7 Å². The van der Waals surface area contributed by atoms with Crippen molar-refractivity contribution >= 4 is 52.6 Å². The number of ketones is 1. The number of nitrogens with zero attached hydrogens (tertiary/aromatic N) is 4. The van der Waals surface area contributed by atoms with Crippen molar-refractivity contribution in [1.29, 1.82) is 0 Å². The maximum atomic E-state index is 14.5. The molecule has 1 aliphatic heterocycles. The van der Waals surface area contributed by atoms with Gasteiger partial charge in [0.2, 0.25) is 11.8 Å². The number of esters is 1. The van der Waals surface area contributed by atoms with Gasteiger partial charge in [-0.05, 0) is 42.6 Å². The van der Waals surface area contributed by atoms with Crippen LogP contribution in [0.5, 0.6) is 0 Å². The molecule has 6 atom stereocenters. The summed E-state index contributed by atoms with van der Waals surface area (Å²) in [5.41, 5.74) is 1.35. The van der Waals surface area contributed by atoms with E-state index in [9.17, 15) is 33.6 Å². The second-order valence-corrected chi connectivity index (χ2v) is 17.3. The number of likely N-dealkylation sites (N-methyl/N-ethyl adjacent to an activating group) is 1. The van der Waals surface area contributed by atoms with Gasteiger partial charge in [0, 0.05) is 82.4 Å². The van der Waals surface area contributed by atoms with Crippen LogP contribution < -0.4 is 5.32 Å². The molecule has 2 heterocycles. The van der Waals surface area contributed by atoms with Gasteiger partial charge in [0.1, 0.15) is 10.7 Å². The van der Waals surface area contributed by atoms with E-state index in [-0.39, 0.29) is 85.2 Å². The number of carbonyl (C=O) groups is 7. The van der Waals surface area contributed by atoms with Gasteiger partial charge in [0.05, 0.1) is 6.04 Å². The zero-order valence-corrected chi connectivity index (χ0v) is 37.4. The van der Waals surface area contributed by atoms with Gasteiger partial charge in [0.25, 0.3) is 17.7 Å². The number of hydrogen-bond acceptors (Lipinski definition) is 10. The summed E-state index contributed by atoms with van der Waals surface area (Å²) in [6.45, 7) is 15.1. The Balaban J connectivity index is 1.77. The lowest BCUT2D eigenvalue weighted by Gasteiger charge is -2.37. The molecule has 2 aromatic rings. The van der Waals surface area contributed by atoms with Crippen molar-refractivity contribution in [3.63, 3.8) is 0 Å². The second-order valence-electron chi connectivity index (χ2n) is 16.4. The van der Waals surface area contributed by atoms with Crippen LogP contribution in [0, 0.1) is 23.7 Å². The highest BCUT2D eigenvalue weighted by Crippen LogP contribution is 2.33. The second kappa shape index (κ2) is 23.2. The number of imide groups is 1. The molecule has 1 N–H and O–H groups in total. The molecule has 0 unspecified atom stereocenters. The molecule has 0 spiro atoms. The molecule has 5 amide bonds. The molecule has 0 aliphatic carbocycles. The van der Waals surface area contributed by atoms with Gasteiger partial charge in [0.15, 0.2) is 11.9 Å². The first-order chi connectivity index (χ1) is 27.9. The van der Waals surface area contributed by atoms with Crippen LogP contribution in [0.2, 0.25) is 0 Å². The van der Waals surface area contributed by atoms with Crippen LogP contribution in [0.15, 0.2) is 47.9 Å². The summed E-state index contributed by atoms with van der Waals surface area (Å²) in [6, 6.07) is 8.68. The summed E-state index contributed by atoms with van der Waals surface area (Å²) in [5, 5.41) is 5.24. The highest BCUT2D eigenvalue weighted by Gasteiger charge is 2.38. The fourth-order valence-electron chi connectivity index (χ4n) is 7.75. The molecule has 1 aromatic heterocycles. The van der Waals surface area contributed by atoms with Gasteiger partial charge in [-0.25, -0.2) is 4.98 Å². The maximum Gasteiger partial charge on any atom is 0.303 e. The van der Waals surface area contributed by atoms with Crippen LogP contribution in [0.1, 0.15) is 127 Å². The number of hydrogen-bond donors (Lipinski definition) is 1. The summed E-state index contributed by atoms with van der Waals surface area (Å²) in [5.74, 6) is -3.57. The lowest BCUT2D eigenvalue weighted by atomic mass is 9.82. The van der Waals surface area contributed by atoms with E-state index in [2.05, 4.69) is 17.2 Å². The molecule has 14 heteroatoms. The van der Waals surface area contributed by atoms with Crippen molar-refractivity contribution in [2.75, 3.05) is 20.6 Å². The third-order valence-corrected chi connectivity index (χ3v) is 12.2. The van der Waals surface area contributed by atoms with Gasteiger partial charge >= 0.3 is 5.97 Å². The van der Waals surface area contributed by atoms with E-state index in [1.807, 2.05) is 71.9 Å². The predicted molar refractivity (Wildman–Crippen MR) is 228 cm³/mol. The number of rotatable bonds is 24. The van der Waals surface area contributed by atoms with Crippen LogP contribution in [0.25, 0.3) is 0 Å². The first kappa shape index (κ1) is 48.6. The van der Waals surface area contributed by atoms with Crippen LogP contribution in [-0.4, -0.2) is 99.7 Å². The van der Waals surface area contributed by atoms with Gasteiger partial charge in [-0.3, -0.25) is 38.5 Å². The summed E-state index contributed by atoms with van der Waals surface area (Å²) in [7, 11) is 3.29. The van der Waals surface area contributed by atoms with Crippen molar-refractivity contribution < 1.29 is 38.3 Å². The zero-order valence-electron chi connectivity index (χ0n) is 36.6. The first-order valence-corrected chi connectivity index (χ1v) is 21.8. The molecule has 3 rings (SSSR count). The molecule has 0 radical (unpaired) electrons. The molecular formula is C45H65N5O8S. The normalized spacial score (nSPS) is 15.8. The van der Waals surface area contributed by atoms with E-state index in [1.165, 1.54) is 35.3 Å². The van der Waals surface area contributed by atoms with Crippen LogP contribution in [0.4, 0.5) is 0 Å². The highest BCUT2D eigenvalue weighted by atomic mass is 32.1. The molecular weight excluding hydrogens is 771 g/mol. The van der Waals surface area contributed by atoms with E-state index in [0.717, 1.165) is 23.3 Å². The fourth-order valence-corrected chi connectivity index (χ4v) is 8.59. The molecule has 13 nitrogen and oxygen atoms in total. The number of thiazole rings is 1. The van der Waals surface area contributed by atoms with Crippen LogP contribution in [-0.2, 0) is 39.9 Å². The minimum Gasteiger partial charge on any atom is -0.455 e. The molecule has 1 aliphatic rings. The summed E-state index contributed by atoms with van der Waals surface area (Å²) >= 11 is 1.23. The molecule has 0 saturated carbocycles. The topological polar surface area (TPSA) is 163 Å². The van der Waals surface area contributed by atoms with Gasteiger partial charge in [-0.15, -0.1) is 11.3 Å². The smallest absolute Gasteiger partial charge is 0.303 e. The zero-order chi connectivity index (χ0) is 44.0. The lowest BCUT2D eigenvalue weighted by Crippen LogP contribution is -2.49. The Morgan fingerprint density at radius 1 is 0.915 bits per heavy atom. The minimum atomic E-state index is -0.830. The molecule has 59 heavy (non-hydrogen) atoms. The van der Waals surface area contributed by atoms with Crippen LogP contribution in [0.3, 0.4) is 0 Å². The average molecular weight is 836 g/mol. The Labute approximate surface area is 354 Å². The summed E-state index contributed by atoms with van der Waals surface area (Å²) in [6.07, 6.45) is 5.03. The number of carbonyl (C=O) groups excluding carboxylic acids is 7.